The lowest BCUT2D eigenvalue weighted by molar-refractivity contribution is -0.118. The first-order valence-electron chi connectivity index (χ1n) is 5.40. The summed E-state index contributed by atoms with van der Waals surface area (Å²) in [6, 6.07) is 5.80. The molecule has 0 unspecified atom stereocenters. The number of rotatable bonds is 3. The fourth-order valence-corrected chi connectivity index (χ4v) is 2.37. The van der Waals surface area contributed by atoms with Gasteiger partial charge in [-0.05, 0) is 36.4 Å². The number of carbonyl (C=O) groups excluding carboxylic acids is 1. The third-order valence-electron chi connectivity index (χ3n) is 2.82. The second kappa shape index (κ2) is 4.78. The molecular weight excluding hydrogens is 220 g/mol. The van der Waals surface area contributed by atoms with Gasteiger partial charge in [0.1, 0.15) is 0 Å². The average Bonchev–Trinajstić information content (AvgIpc) is 2.28. The van der Waals surface area contributed by atoms with Gasteiger partial charge in [-0.2, -0.15) is 11.8 Å². The number of fused-ring (bicyclic) bond motifs is 1. The van der Waals surface area contributed by atoms with Crippen molar-refractivity contribution in [2.75, 3.05) is 29.2 Å². The molecule has 0 aromatic heterocycles. The van der Waals surface area contributed by atoms with E-state index in [9.17, 15) is 4.79 Å². The number of thioether (sulfide) groups is 1. The second-order valence-corrected chi connectivity index (χ2v) is 4.91. The lowest BCUT2D eigenvalue weighted by Gasteiger charge is -2.29. The van der Waals surface area contributed by atoms with Gasteiger partial charge >= 0.3 is 0 Å². The molecule has 1 aromatic carbocycles. The van der Waals surface area contributed by atoms with Crippen LogP contribution in [0.2, 0.25) is 0 Å². The van der Waals surface area contributed by atoms with Crippen LogP contribution in [-0.2, 0) is 11.2 Å². The van der Waals surface area contributed by atoms with Crippen LogP contribution in [0.3, 0.4) is 0 Å². The largest absolute Gasteiger partial charge is 0.399 e. The second-order valence-electron chi connectivity index (χ2n) is 3.93. The van der Waals surface area contributed by atoms with Crippen LogP contribution in [0.25, 0.3) is 0 Å². The molecule has 86 valence electrons. The van der Waals surface area contributed by atoms with E-state index in [1.54, 1.807) is 11.8 Å². The molecule has 0 saturated carbocycles. The highest BCUT2D eigenvalue weighted by molar-refractivity contribution is 7.98. The zero-order valence-electron chi connectivity index (χ0n) is 9.40. The minimum absolute atomic E-state index is 0.228. The molecule has 1 aliphatic heterocycles. The summed E-state index contributed by atoms with van der Waals surface area (Å²) < 4.78 is 0. The summed E-state index contributed by atoms with van der Waals surface area (Å²) >= 11 is 1.76. The predicted octanol–water partition coefficient (Wildman–Crippen LogP) is 1.91. The van der Waals surface area contributed by atoms with Crippen LogP contribution >= 0.6 is 11.8 Å². The van der Waals surface area contributed by atoms with E-state index in [0.29, 0.717) is 6.42 Å². The smallest absolute Gasteiger partial charge is 0.227 e. The van der Waals surface area contributed by atoms with Crippen LogP contribution in [0.1, 0.15) is 12.0 Å². The molecule has 2 rings (SSSR count). The Kier molecular flexibility index (Phi) is 3.39. The molecule has 0 spiro atoms. The Morgan fingerprint density at radius 3 is 3.00 bits per heavy atom. The Balaban J connectivity index is 2.29. The number of nitrogens with zero attached hydrogens (tertiary/aromatic N) is 1. The quantitative estimate of drug-likeness (QED) is 0.815. The zero-order chi connectivity index (χ0) is 11.5. The lowest BCUT2D eigenvalue weighted by atomic mass is 10.0. The fraction of sp³-hybridized carbons (Fsp3) is 0.417. The Morgan fingerprint density at radius 1 is 1.44 bits per heavy atom. The highest BCUT2D eigenvalue weighted by atomic mass is 32.2. The molecule has 1 aliphatic rings. The molecule has 0 fully saturated rings. The minimum atomic E-state index is 0.228. The normalized spacial score (nSPS) is 15.1. The molecule has 0 radical (unpaired) electrons. The van der Waals surface area contributed by atoms with Crippen LogP contribution in [0.5, 0.6) is 0 Å². The molecule has 1 heterocycles. The van der Waals surface area contributed by atoms with Crippen molar-refractivity contribution in [3.05, 3.63) is 23.8 Å². The molecule has 1 aromatic rings. The van der Waals surface area contributed by atoms with Crippen LogP contribution in [-0.4, -0.2) is 24.5 Å². The van der Waals surface area contributed by atoms with Crippen molar-refractivity contribution >= 4 is 29.0 Å². The number of nitrogens with two attached hydrogens (primary N) is 1. The number of carbonyl (C=O) groups is 1. The summed E-state index contributed by atoms with van der Waals surface area (Å²) in [6.45, 7) is 0.789. The first-order chi connectivity index (χ1) is 7.72. The van der Waals surface area contributed by atoms with Gasteiger partial charge < -0.3 is 10.6 Å². The van der Waals surface area contributed by atoms with E-state index in [2.05, 4.69) is 6.26 Å². The van der Waals surface area contributed by atoms with E-state index in [1.807, 2.05) is 23.1 Å². The van der Waals surface area contributed by atoms with Crippen LogP contribution in [0, 0.1) is 0 Å². The lowest BCUT2D eigenvalue weighted by Crippen LogP contribution is -2.36. The highest BCUT2D eigenvalue weighted by Gasteiger charge is 2.23. The Bertz CT molecular complexity index is 406. The number of amides is 1. The molecule has 16 heavy (non-hydrogen) atoms. The van der Waals surface area contributed by atoms with Gasteiger partial charge in [-0.1, -0.05) is 0 Å². The van der Waals surface area contributed by atoms with Crippen molar-refractivity contribution in [2.45, 2.75) is 12.8 Å². The maximum Gasteiger partial charge on any atom is 0.227 e. The van der Waals surface area contributed by atoms with Crippen molar-refractivity contribution in [1.82, 2.24) is 0 Å². The number of aryl methyl sites for hydroxylation is 1. The van der Waals surface area contributed by atoms with E-state index in [0.717, 1.165) is 30.1 Å². The topological polar surface area (TPSA) is 46.3 Å². The highest BCUT2D eigenvalue weighted by Crippen LogP contribution is 2.29. The van der Waals surface area contributed by atoms with Gasteiger partial charge in [0, 0.05) is 30.1 Å². The molecule has 1 amide bonds. The molecule has 0 atom stereocenters. The maximum absolute atomic E-state index is 11.8. The van der Waals surface area contributed by atoms with Crippen LogP contribution in [0.4, 0.5) is 11.4 Å². The molecule has 0 bridgehead atoms. The monoisotopic (exact) mass is 236 g/mol. The number of hydrogen-bond donors (Lipinski definition) is 1. The summed E-state index contributed by atoms with van der Waals surface area (Å²) in [4.78, 5) is 13.7. The van der Waals surface area contributed by atoms with Crippen molar-refractivity contribution in [1.29, 1.82) is 0 Å². The van der Waals surface area contributed by atoms with Crippen molar-refractivity contribution in [3.8, 4) is 0 Å². The molecule has 4 heteroatoms. The molecular formula is C12H16N2OS. The van der Waals surface area contributed by atoms with Gasteiger partial charge in [0.15, 0.2) is 0 Å². The van der Waals surface area contributed by atoms with E-state index in [1.165, 1.54) is 5.56 Å². The molecule has 0 saturated heterocycles. The predicted molar refractivity (Wildman–Crippen MR) is 69.9 cm³/mol. The third-order valence-corrected chi connectivity index (χ3v) is 3.41. The van der Waals surface area contributed by atoms with Crippen molar-refractivity contribution < 1.29 is 4.79 Å². The van der Waals surface area contributed by atoms with E-state index < -0.39 is 0 Å². The van der Waals surface area contributed by atoms with Crippen LogP contribution < -0.4 is 10.6 Å². The number of benzene rings is 1. The van der Waals surface area contributed by atoms with E-state index in [4.69, 9.17) is 5.73 Å². The van der Waals surface area contributed by atoms with Gasteiger partial charge in [-0.15, -0.1) is 0 Å². The Hall–Kier alpha value is -1.16. The summed E-state index contributed by atoms with van der Waals surface area (Å²) in [5, 5.41) is 0. The van der Waals surface area contributed by atoms with Gasteiger partial charge in [0.2, 0.25) is 5.91 Å². The third kappa shape index (κ3) is 2.16. The zero-order valence-corrected chi connectivity index (χ0v) is 10.2. The minimum Gasteiger partial charge on any atom is -0.399 e. The molecule has 0 aliphatic carbocycles. The average molecular weight is 236 g/mol. The van der Waals surface area contributed by atoms with Crippen LogP contribution in [0.15, 0.2) is 18.2 Å². The first-order valence-corrected chi connectivity index (χ1v) is 6.79. The standard InChI is InChI=1S/C12H16N2OS/c1-16-7-6-14-11-4-3-10(13)8-9(11)2-5-12(14)15/h3-4,8H,2,5-7,13H2,1H3. The van der Waals surface area contributed by atoms with Crippen molar-refractivity contribution in [3.63, 3.8) is 0 Å². The summed E-state index contributed by atoms with van der Waals surface area (Å²) in [5.41, 5.74) is 8.77. The number of anilines is 2. The maximum atomic E-state index is 11.8. The fourth-order valence-electron chi connectivity index (χ4n) is 2.01. The SMILES string of the molecule is CSCCN1C(=O)CCc2cc(N)ccc21. The number of hydrogen-bond acceptors (Lipinski definition) is 3. The summed E-state index contributed by atoms with van der Waals surface area (Å²) in [7, 11) is 0. The Morgan fingerprint density at radius 2 is 2.25 bits per heavy atom. The first kappa shape index (κ1) is 11.3. The molecule has 3 nitrogen and oxygen atoms in total. The Labute approximate surface area is 100.0 Å². The van der Waals surface area contributed by atoms with Gasteiger partial charge in [-0.25, -0.2) is 0 Å². The van der Waals surface area contributed by atoms with E-state index >= 15 is 0 Å². The van der Waals surface area contributed by atoms with Crippen molar-refractivity contribution in [2.24, 2.45) is 0 Å². The van der Waals surface area contributed by atoms with Gasteiger partial charge in [-0.3, -0.25) is 4.79 Å². The van der Waals surface area contributed by atoms with E-state index in [-0.39, 0.29) is 5.91 Å². The number of nitrogen functional groups attached to an aromatic ring is 1. The molecule has 2 N–H and O–H groups in total. The summed E-state index contributed by atoms with van der Waals surface area (Å²) in [5.74, 6) is 1.20. The summed E-state index contributed by atoms with van der Waals surface area (Å²) in [6.07, 6.45) is 3.47. The van der Waals surface area contributed by atoms with Gasteiger partial charge in [0.25, 0.3) is 0 Å². The van der Waals surface area contributed by atoms with Gasteiger partial charge in [0.05, 0.1) is 0 Å².